The van der Waals surface area contributed by atoms with E-state index in [2.05, 4.69) is 10.1 Å². The molecule has 9 heteroatoms. The van der Waals surface area contributed by atoms with Crippen molar-refractivity contribution in [2.24, 2.45) is 5.92 Å². The van der Waals surface area contributed by atoms with Crippen LogP contribution in [-0.2, 0) is 9.53 Å². The number of carbonyl (C=O) groups excluding carboxylic acids is 1. The van der Waals surface area contributed by atoms with Gasteiger partial charge in [-0.1, -0.05) is 0 Å². The van der Waals surface area contributed by atoms with Crippen molar-refractivity contribution < 1.29 is 32.6 Å². The van der Waals surface area contributed by atoms with Crippen LogP contribution in [0, 0.1) is 5.92 Å². The molecule has 0 spiro atoms. The zero-order valence-corrected chi connectivity index (χ0v) is 10.8. The highest BCUT2D eigenvalue weighted by Gasteiger charge is 2.28. The number of urea groups is 1. The van der Waals surface area contributed by atoms with E-state index in [0.717, 1.165) is 17.7 Å². The third-order valence-electron chi connectivity index (χ3n) is 2.58. The fraction of sp³-hybridized carbons (Fsp3) is 0.818. The van der Waals surface area contributed by atoms with Gasteiger partial charge in [-0.2, -0.15) is 13.2 Å². The Hall–Kier alpha value is -1.51. The van der Waals surface area contributed by atoms with Crippen molar-refractivity contribution in [3.8, 4) is 0 Å². The van der Waals surface area contributed by atoms with Gasteiger partial charge in [-0.3, -0.25) is 4.79 Å². The Bertz CT molecular complexity index is 345. The molecule has 1 rings (SSSR count). The smallest absolute Gasteiger partial charge is 0.411 e. The summed E-state index contributed by atoms with van der Waals surface area (Å²) in [7, 11) is 0. The van der Waals surface area contributed by atoms with Gasteiger partial charge in [0.2, 0.25) is 0 Å². The third-order valence-corrected chi connectivity index (χ3v) is 2.58. The Morgan fingerprint density at radius 3 is 2.50 bits per heavy atom. The first-order valence-corrected chi connectivity index (χ1v) is 6.17. The number of hydrogen-bond donors (Lipinski definition) is 2. The average molecular weight is 298 g/mol. The number of halogens is 3. The van der Waals surface area contributed by atoms with Crippen molar-refractivity contribution in [3.63, 3.8) is 0 Å². The van der Waals surface area contributed by atoms with Crippen LogP contribution in [0.1, 0.15) is 12.8 Å². The minimum Gasteiger partial charge on any atom is -0.480 e. The molecule has 0 unspecified atom stereocenters. The average Bonchev–Trinajstić information content (AvgIpc) is 3.09. The molecule has 6 nitrogen and oxygen atoms in total. The molecule has 0 heterocycles. The van der Waals surface area contributed by atoms with Crippen molar-refractivity contribution in [1.82, 2.24) is 10.2 Å². The summed E-state index contributed by atoms with van der Waals surface area (Å²) in [4.78, 5) is 23.4. The van der Waals surface area contributed by atoms with E-state index >= 15 is 0 Å². The number of hydrogen-bond acceptors (Lipinski definition) is 3. The number of aliphatic carboxylic acids is 1. The quantitative estimate of drug-likeness (QED) is 0.657. The lowest BCUT2D eigenvalue weighted by atomic mass is 10.3. The highest BCUT2D eigenvalue weighted by Crippen LogP contribution is 2.29. The maximum Gasteiger partial charge on any atom is 0.411 e. The van der Waals surface area contributed by atoms with Gasteiger partial charge in [-0.25, -0.2) is 4.79 Å². The van der Waals surface area contributed by atoms with E-state index < -0.39 is 31.3 Å². The molecule has 0 bridgehead atoms. The van der Waals surface area contributed by atoms with E-state index in [1.165, 1.54) is 0 Å². The van der Waals surface area contributed by atoms with Gasteiger partial charge in [0, 0.05) is 13.1 Å². The van der Waals surface area contributed by atoms with Crippen LogP contribution in [-0.4, -0.2) is 61.0 Å². The zero-order valence-electron chi connectivity index (χ0n) is 10.8. The molecule has 1 saturated carbocycles. The van der Waals surface area contributed by atoms with Gasteiger partial charge >= 0.3 is 18.2 Å². The molecule has 0 aromatic carbocycles. The van der Waals surface area contributed by atoms with Gasteiger partial charge in [-0.15, -0.1) is 0 Å². The predicted octanol–water partition coefficient (Wildman–Crippen LogP) is 1.07. The van der Waals surface area contributed by atoms with Crippen LogP contribution in [0.5, 0.6) is 0 Å². The Kier molecular flexibility index (Phi) is 6.05. The first-order valence-electron chi connectivity index (χ1n) is 6.17. The monoisotopic (exact) mass is 298 g/mol. The number of carboxylic acid groups (broad SMARTS) is 1. The summed E-state index contributed by atoms with van der Waals surface area (Å²) < 4.78 is 39.7. The molecule has 116 valence electrons. The molecule has 1 aliphatic rings. The first kappa shape index (κ1) is 16.5. The van der Waals surface area contributed by atoms with E-state index in [1.807, 2.05) is 0 Å². The molecular weight excluding hydrogens is 281 g/mol. The maximum atomic E-state index is 11.8. The largest absolute Gasteiger partial charge is 0.480 e. The summed E-state index contributed by atoms with van der Waals surface area (Å²) in [6.07, 6.45) is -2.48. The Labute approximate surface area is 113 Å². The molecule has 0 aromatic heterocycles. The molecule has 0 saturated heterocycles. The van der Waals surface area contributed by atoms with Crippen LogP contribution in [0.2, 0.25) is 0 Å². The van der Waals surface area contributed by atoms with Crippen molar-refractivity contribution in [2.75, 3.05) is 32.8 Å². The van der Waals surface area contributed by atoms with Crippen LogP contribution >= 0.6 is 0 Å². The summed E-state index contributed by atoms with van der Waals surface area (Å²) in [6.45, 7) is -1.83. The number of nitrogens with zero attached hydrogens (tertiary/aromatic N) is 1. The van der Waals surface area contributed by atoms with E-state index in [9.17, 15) is 22.8 Å². The molecule has 2 amide bonds. The highest BCUT2D eigenvalue weighted by molar-refractivity contribution is 5.80. The number of nitrogens with one attached hydrogen (secondary N) is 1. The predicted molar refractivity (Wildman–Crippen MR) is 62.2 cm³/mol. The van der Waals surface area contributed by atoms with Gasteiger partial charge in [0.1, 0.15) is 13.2 Å². The summed E-state index contributed by atoms with van der Waals surface area (Å²) in [5.41, 5.74) is 0. The molecule has 20 heavy (non-hydrogen) atoms. The molecule has 1 aliphatic carbocycles. The second-order valence-corrected chi connectivity index (χ2v) is 4.62. The number of rotatable bonds is 8. The van der Waals surface area contributed by atoms with Crippen LogP contribution in [0.4, 0.5) is 18.0 Å². The Morgan fingerprint density at radius 2 is 2.00 bits per heavy atom. The van der Waals surface area contributed by atoms with Gasteiger partial charge in [0.25, 0.3) is 0 Å². The van der Waals surface area contributed by atoms with Crippen molar-refractivity contribution >= 4 is 12.0 Å². The lowest BCUT2D eigenvalue weighted by Gasteiger charge is -2.21. The standard InChI is InChI=1S/C11H17F3N2O4/c12-11(13,14)7-20-4-3-15-10(19)16(6-9(17)18)5-8-1-2-8/h8H,1-7H2,(H,15,19)(H,17,18). The number of alkyl halides is 3. The lowest BCUT2D eigenvalue weighted by Crippen LogP contribution is -2.44. The van der Waals surface area contributed by atoms with E-state index in [-0.39, 0.29) is 13.2 Å². The van der Waals surface area contributed by atoms with E-state index in [1.54, 1.807) is 0 Å². The molecule has 2 N–H and O–H groups in total. The summed E-state index contributed by atoms with van der Waals surface area (Å²) >= 11 is 0. The van der Waals surface area contributed by atoms with E-state index in [4.69, 9.17) is 5.11 Å². The van der Waals surface area contributed by atoms with Gasteiger partial charge < -0.3 is 20.1 Å². The number of carbonyl (C=O) groups is 2. The van der Waals surface area contributed by atoms with Gasteiger partial charge in [0.05, 0.1) is 6.61 Å². The minimum absolute atomic E-state index is 0.101. The molecular formula is C11H17F3N2O4. The number of amides is 2. The zero-order chi connectivity index (χ0) is 15.2. The SMILES string of the molecule is O=C(O)CN(CC1CC1)C(=O)NCCOCC(F)(F)F. The number of carboxylic acids is 1. The second-order valence-electron chi connectivity index (χ2n) is 4.62. The van der Waals surface area contributed by atoms with Crippen LogP contribution in [0.3, 0.4) is 0 Å². The van der Waals surface area contributed by atoms with Crippen molar-refractivity contribution in [2.45, 2.75) is 19.0 Å². The summed E-state index contributed by atoms with van der Waals surface area (Å²) in [5, 5.41) is 11.0. The van der Waals surface area contributed by atoms with Crippen molar-refractivity contribution in [3.05, 3.63) is 0 Å². The molecule has 0 aromatic rings. The second kappa shape index (κ2) is 7.32. The van der Waals surface area contributed by atoms with Crippen LogP contribution < -0.4 is 5.32 Å². The van der Waals surface area contributed by atoms with E-state index in [0.29, 0.717) is 12.5 Å². The van der Waals surface area contributed by atoms with Crippen LogP contribution in [0.25, 0.3) is 0 Å². The van der Waals surface area contributed by atoms with Crippen LogP contribution in [0.15, 0.2) is 0 Å². The minimum atomic E-state index is -4.40. The molecule has 0 radical (unpaired) electrons. The molecule has 1 fully saturated rings. The fourth-order valence-electron chi connectivity index (χ4n) is 1.52. The maximum absolute atomic E-state index is 11.8. The fourth-order valence-corrected chi connectivity index (χ4v) is 1.52. The topological polar surface area (TPSA) is 78.9 Å². The molecule has 0 aliphatic heterocycles. The highest BCUT2D eigenvalue weighted by atomic mass is 19.4. The number of ether oxygens (including phenoxy) is 1. The van der Waals surface area contributed by atoms with Gasteiger partial charge in [-0.05, 0) is 18.8 Å². The summed E-state index contributed by atoms with van der Waals surface area (Å²) in [5.74, 6) is -0.810. The first-order chi connectivity index (χ1) is 9.28. The van der Waals surface area contributed by atoms with Gasteiger partial charge in [0.15, 0.2) is 0 Å². The third kappa shape index (κ3) is 7.82. The molecule has 0 atom stereocenters. The van der Waals surface area contributed by atoms with Crippen molar-refractivity contribution in [1.29, 1.82) is 0 Å². The lowest BCUT2D eigenvalue weighted by molar-refractivity contribution is -0.173. The Balaban J connectivity index is 2.21. The Morgan fingerprint density at radius 1 is 1.35 bits per heavy atom. The normalized spacial score (nSPS) is 14.9. The summed E-state index contributed by atoms with van der Waals surface area (Å²) in [6, 6.07) is -0.602.